The molecule has 1 fully saturated rings. The molecule has 1 unspecified atom stereocenters. The van der Waals surface area contributed by atoms with Crippen LogP contribution in [0, 0.1) is 0 Å². The summed E-state index contributed by atoms with van der Waals surface area (Å²) in [5.41, 5.74) is 8.73. The lowest BCUT2D eigenvalue weighted by Gasteiger charge is -2.31. The number of fused-ring (bicyclic) bond motifs is 1. The number of nitrogens with two attached hydrogens (primary N) is 1. The van der Waals surface area contributed by atoms with Gasteiger partial charge in [0.15, 0.2) is 0 Å². The minimum absolute atomic E-state index is 0.0497. The number of likely N-dealkylation sites (tertiary alicyclic amines) is 1. The van der Waals surface area contributed by atoms with Gasteiger partial charge in [-0.2, -0.15) is 0 Å². The van der Waals surface area contributed by atoms with Crippen molar-refractivity contribution in [1.29, 1.82) is 0 Å². The molecule has 3 aromatic rings. The van der Waals surface area contributed by atoms with Gasteiger partial charge in [0.05, 0.1) is 19.9 Å². The van der Waals surface area contributed by atoms with Gasteiger partial charge in [0.2, 0.25) is 5.91 Å². The van der Waals surface area contributed by atoms with Gasteiger partial charge in [0, 0.05) is 19.2 Å². The largest absolute Gasteiger partial charge is 0.497 e. The molecule has 6 nitrogen and oxygen atoms in total. The first-order valence-electron chi connectivity index (χ1n) is 11.0. The van der Waals surface area contributed by atoms with E-state index in [1.165, 1.54) is 0 Å². The molecule has 1 atom stereocenters. The Morgan fingerprint density at radius 3 is 2.53 bits per heavy atom. The normalized spacial score (nSPS) is 15.0. The number of nitrogens with zero attached hydrogens (tertiary/aromatic N) is 2. The fourth-order valence-electron chi connectivity index (χ4n) is 4.67. The molecule has 0 aromatic heterocycles. The lowest BCUT2D eigenvalue weighted by atomic mass is 10.00. The van der Waals surface area contributed by atoms with Gasteiger partial charge >= 0.3 is 0 Å². The van der Waals surface area contributed by atoms with Crippen LogP contribution in [0.15, 0.2) is 54.6 Å². The third-order valence-corrected chi connectivity index (χ3v) is 6.26. The zero-order valence-electron chi connectivity index (χ0n) is 19.0. The van der Waals surface area contributed by atoms with E-state index >= 15 is 0 Å². The topological polar surface area (TPSA) is 68.0 Å². The van der Waals surface area contributed by atoms with Crippen LogP contribution in [-0.2, 0) is 11.3 Å². The van der Waals surface area contributed by atoms with E-state index in [4.69, 9.17) is 15.2 Å². The minimum Gasteiger partial charge on any atom is -0.497 e. The molecule has 1 heterocycles. The Balaban J connectivity index is 1.70. The van der Waals surface area contributed by atoms with E-state index in [0.717, 1.165) is 53.6 Å². The number of benzene rings is 3. The highest BCUT2D eigenvalue weighted by atomic mass is 16.5. The van der Waals surface area contributed by atoms with Crippen molar-refractivity contribution in [3.63, 3.8) is 0 Å². The average Bonchev–Trinajstić information content (AvgIpc) is 3.33. The highest BCUT2D eigenvalue weighted by Gasteiger charge is 2.32. The molecule has 0 aliphatic carbocycles. The Bertz CT molecular complexity index is 1110. The van der Waals surface area contributed by atoms with Gasteiger partial charge in [-0.3, -0.25) is 9.69 Å². The van der Waals surface area contributed by atoms with Crippen molar-refractivity contribution in [3.8, 4) is 11.5 Å². The Morgan fingerprint density at radius 2 is 1.81 bits per heavy atom. The third kappa shape index (κ3) is 4.23. The SMILES string of the molecule is COc1cccc(C(C(=O)N(C)Cc2c(OC)c(N)cc3ccccc23)N2CCCC2)c1. The molecule has 1 aliphatic heterocycles. The van der Waals surface area contributed by atoms with Crippen LogP contribution in [0.2, 0.25) is 0 Å². The molecular weight excluding hydrogens is 402 g/mol. The lowest BCUT2D eigenvalue weighted by Crippen LogP contribution is -2.40. The number of anilines is 1. The van der Waals surface area contributed by atoms with E-state index < -0.39 is 0 Å². The smallest absolute Gasteiger partial charge is 0.244 e. The first-order valence-corrected chi connectivity index (χ1v) is 11.0. The summed E-state index contributed by atoms with van der Waals surface area (Å²) < 4.78 is 11.1. The quantitative estimate of drug-likeness (QED) is 0.565. The van der Waals surface area contributed by atoms with E-state index in [9.17, 15) is 4.79 Å². The van der Waals surface area contributed by atoms with E-state index in [2.05, 4.69) is 4.90 Å². The second-order valence-electron chi connectivity index (χ2n) is 8.32. The number of nitrogen functional groups attached to an aromatic ring is 1. The number of hydrogen-bond acceptors (Lipinski definition) is 5. The Kier molecular flexibility index (Phi) is 6.51. The fraction of sp³-hybridized carbons (Fsp3) is 0.346. The molecule has 1 amide bonds. The number of hydrogen-bond donors (Lipinski definition) is 1. The van der Waals surface area contributed by atoms with E-state index in [1.807, 2.05) is 61.6 Å². The zero-order valence-corrected chi connectivity index (χ0v) is 19.0. The summed E-state index contributed by atoms with van der Waals surface area (Å²) in [4.78, 5) is 17.9. The van der Waals surface area contributed by atoms with Crippen molar-refractivity contribution in [2.45, 2.75) is 25.4 Å². The molecule has 168 valence electrons. The maximum Gasteiger partial charge on any atom is 0.244 e. The van der Waals surface area contributed by atoms with Gasteiger partial charge < -0.3 is 20.1 Å². The van der Waals surface area contributed by atoms with Crippen LogP contribution >= 0.6 is 0 Å². The molecule has 0 spiro atoms. The van der Waals surface area contributed by atoms with Crippen molar-refractivity contribution in [2.75, 3.05) is 40.1 Å². The number of methoxy groups -OCH3 is 2. The maximum atomic E-state index is 13.8. The summed E-state index contributed by atoms with van der Waals surface area (Å²) >= 11 is 0. The first-order chi connectivity index (χ1) is 15.5. The Hall–Kier alpha value is -3.25. The molecule has 0 radical (unpaired) electrons. The van der Waals surface area contributed by atoms with Gasteiger partial charge in [0.25, 0.3) is 0 Å². The number of likely N-dealkylation sites (N-methyl/N-ethyl adjacent to an activating group) is 1. The van der Waals surface area contributed by atoms with Crippen LogP contribution in [0.3, 0.4) is 0 Å². The number of amides is 1. The Morgan fingerprint density at radius 1 is 1.06 bits per heavy atom. The standard InChI is InChI=1S/C26H31N3O3/c1-28(17-22-21-12-5-4-9-18(21)16-23(27)25(22)32-3)26(30)24(29-13-6-7-14-29)19-10-8-11-20(15-19)31-2/h4-5,8-12,15-16,24H,6-7,13-14,17,27H2,1-3H3. The summed E-state index contributed by atoms with van der Waals surface area (Å²) in [7, 11) is 5.12. The zero-order chi connectivity index (χ0) is 22.7. The molecule has 1 aliphatic rings. The van der Waals surface area contributed by atoms with Crippen molar-refractivity contribution in [3.05, 3.63) is 65.7 Å². The molecule has 1 saturated heterocycles. The van der Waals surface area contributed by atoms with Crippen LogP contribution < -0.4 is 15.2 Å². The predicted molar refractivity (Wildman–Crippen MR) is 128 cm³/mol. The summed E-state index contributed by atoms with van der Waals surface area (Å²) in [6.45, 7) is 2.22. The minimum atomic E-state index is -0.351. The summed E-state index contributed by atoms with van der Waals surface area (Å²) in [6, 6.07) is 17.4. The number of carbonyl (C=O) groups excluding carboxylic acids is 1. The highest BCUT2D eigenvalue weighted by molar-refractivity contribution is 5.92. The third-order valence-electron chi connectivity index (χ3n) is 6.26. The fourth-order valence-corrected chi connectivity index (χ4v) is 4.67. The second-order valence-corrected chi connectivity index (χ2v) is 8.32. The molecule has 32 heavy (non-hydrogen) atoms. The number of rotatable bonds is 7. The van der Waals surface area contributed by atoms with Crippen LogP contribution in [0.25, 0.3) is 10.8 Å². The highest BCUT2D eigenvalue weighted by Crippen LogP contribution is 2.36. The molecule has 3 aromatic carbocycles. The predicted octanol–water partition coefficient (Wildman–Crippen LogP) is 4.23. The first kappa shape index (κ1) is 22.0. The summed E-state index contributed by atoms with van der Waals surface area (Å²) in [5.74, 6) is 1.43. The van der Waals surface area contributed by atoms with E-state index in [1.54, 1.807) is 19.1 Å². The molecule has 4 rings (SSSR count). The van der Waals surface area contributed by atoms with Crippen molar-refractivity contribution in [2.24, 2.45) is 0 Å². The van der Waals surface area contributed by atoms with Crippen molar-refractivity contribution in [1.82, 2.24) is 9.80 Å². The lowest BCUT2D eigenvalue weighted by molar-refractivity contribution is -0.136. The van der Waals surface area contributed by atoms with Crippen LogP contribution in [0.5, 0.6) is 11.5 Å². The monoisotopic (exact) mass is 433 g/mol. The maximum absolute atomic E-state index is 13.8. The van der Waals surface area contributed by atoms with Crippen molar-refractivity contribution >= 4 is 22.4 Å². The average molecular weight is 434 g/mol. The van der Waals surface area contributed by atoms with E-state index in [-0.39, 0.29) is 11.9 Å². The second kappa shape index (κ2) is 9.49. The molecule has 6 heteroatoms. The van der Waals surface area contributed by atoms with Gasteiger partial charge in [-0.05, 0) is 60.5 Å². The van der Waals surface area contributed by atoms with Gasteiger partial charge in [-0.15, -0.1) is 0 Å². The van der Waals surface area contributed by atoms with Crippen LogP contribution in [-0.4, -0.2) is 50.1 Å². The Labute approximate surface area is 189 Å². The summed E-state index contributed by atoms with van der Waals surface area (Å²) in [5, 5.41) is 2.07. The van der Waals surface area contributed by atoms with Gasteiger partial charge in [-0.25, -0.2) is 0 Å². The number of ether oxygens (including phenoxy) is 2. The van der Waals surface area contributed by atoms with E-state index in [0.29, 0.717) is 18.0 Å². The molecule has 2 N–H and O–H groups in total. The molecular formula is C26H31N3O3. The van der Waals surface area contributed by atoms with Gasteiger partial charge in [0.1, 0.15) is 17.5 Å². The number of carbonyl (C=O) groups is 1. The van der Waals surface area contributed by atoms with Crippen LogP contribution in [0.1, 0.15) is 30.0 Å². The van der Waals surface area contributed by atoms with Crippen molar-refractivity contribution < 1.29 is 14.3 Å². The van der Waals surface area contributed by atoms with Crippen LogP contribution in [0.4, 0.5) is 5.69 Å². The summed E-state index contributed by atoms with van der Waals surface area (Å²) in [6.07, 6.45) is 2.20. The van der Waals surface area contributed by atoms with Gasteiger partial charge in [-0.1, -0.05) is 36.4 Å². The molecule has 0 saturated carbocycles. The molecule has 0 bridgehead atoms.